The first-order chi connectivity index (χ1) is 24.4. The lowest BCUT2D eigenvalue weighted by Gasteiger charge is -2.32. The van der Waals surface area contributed by atoms with Crippen LogP contribution in [-0.4, -0.2) is 82.7 Å². The summed E-state index contributed by atoms with van der Waals surface area (Å²) in [7, 11) is 0. The van der Waals surface area contributed by atoms with Gasteiger partial charge >= 0.3 is 0 Å². The Labute approximate surface area is 294 Å². The van der Waals surface area contributed by atoms with Gasteiger partial charge in [-0.15, -0.1) is 0 Å². The highest BCUT2D eigenvalue weighted by Gasteiger charge is 2.31. The Balaban J connectivity index is 1.31. The average Bonchev–Trinajstić information content (AvgIpc) is 3.16. The Morgan fingerprint density at radius 3 is 2.14 bits per heavy atom. The molecule has 0 aliphatic carbocycles. The summed E-state index contributed by atoms with van der Waals surface area (Å²) >= 11 is 0. The van der Waals surface area contributed by atoms with Crippen molar-refractivity contribution in [1.29, 1.82) is 0 Å². The maximum Gasteiger partial charge on any atom is 0.243 e. The number of benzene rings is 4. The quantitative estimate of drug-likeness (QED) is 0.175. The number of hydrogen-bond acceptors (Lipinski definition) is 6. The van der Waals surface area contributed by atoms with Gasteiger partial charge in [-0.2, -0.15) is 0 Å². The first-order valence-corrected chi connectivity index (χ1v) is 17.4. The zero-order valence-electron chi connectivity index (χ0n) is 28.5. The molecule has 0 spiro atoms. The molecule has 2 atom stereocenters. The summed E-state index contributed by atoms with van der Waals surface area (Å²) in [5.41, 5.74) is 2.75. The summed E-state index contributed by atoms with van der Waals surface area (Å²) in [5.74, 6) is 0.0585. The van der Waals surface area contributed by atoms with Crippen molar-refractivity contribution >= 4 is 28.5 Å². The van der Waals surface area contributed by atoms with E-state index in [2.05, 4.69) is 5.32 Å². The molecule has 9 nitrogen and oxygen atoms in total. The van der Waals surface area contributed by atoms with E-state index in [0.29, 0.717) is 38.2 Å². The molecular formula is C41H47N3O6. The molecule has 3 amide bonds. The molecule has 3 N–H and O–H groups in total. The van der Waals surface area contributed by atoms with E-state index < -0.39 is 12.1 Å². The molecular weight excluding hydrogens is 630 g/mol. The van der Waals surface area contributed by atoms with Crippen molar-refractivity contribution < 1.29 is 29.3 Å². The minimum absolute atomic E-state index is 0.0497. The number of nitrogens with zero attached hydrogens (tertiary/aromatic N) is 2. The van der Waals surface area contributed by atoms with Gasteiger partial charge in [0.05, 0.1) is 12.8 Å². The maximum atomic E-state index is 13.9. The number of carbonyl (C=O) groups is 3. The number of ether oxygens (including phenoxy) is 1. The lowest BCUT2D eigenvalue weighted by Crippen LogP contribution is -2.54. The van der Waals surface area contributed by atoms with E-state index in [1.165, 1.54) is 0 Å². The molecule has 5 rings (SSSR count). The summed E-state index contributed by atoms with van der Waals surface area (Å²) in [6.07, 6.45) is 5.54. The smallest absolute Gasteiger partial charge is 0.243 e. The lowest BCUT2D eigenvalue weighted by atomic mass is 10.0. The molecule has 0 aromatic heterocycles. The predicted octanol–water partition coefficient (Wildman–Crippen LogP) is 4.83. The Kier molecular flexibility index (Phi) is 13.6. The van der Waals surface area contributed by atoms with E-state index in [-0.39, 0.29) is 63.3 Å². The predicted molar refractivity (Wildman–Crippen MR) is 194 cm³/mol. The van der Waals surface area contributed by atoms with Crippen molar-refractivity contribution in [2.24, 2.45) is 0 Å². The van der Waals surface area contributed by atoms with Crippen molar-refractivity contribution in [2.45, 2.75) is 57.2 Å². The summed E-state index contributed by atoms with van der Waals surface area (Å²) in [5, 5.41) is 24.6. The summed E-state index contributed by atoms with van der Waals surface area (Å²) < 4.78 is 5.90. The van der Waals surface area contributed by atoms with Gasteiger partial charge < -0.3 is 30.1 Å². The fourth-order valence-electron chi connectivity index (χ4n) is 6.25. The summed E-state index contributed by atoms with van der Waals surface area (Å²) in [6.45, 7) is 1.03. The second-order valence-corrected chi connectivity index (χ2v) is 12.7. The topological polar surface area (TPSA) is 119 Å². The number of nitrogens with one attached hydrogen (secondary N) is 1. The molecule has 262 valence electrons. The van der Waals surface area contributed by atoms with Gasteiger partial charge in [0.15, 0.2) is 0 Å². The van der Waals surface area contributed by atoms with Gasteiger partial charge in [0.2, 0.25) is 17.7 Å². The monoisotopic (exact) mass is 677 g/mol. The van der Waals surface area contributed by atoms with Crippen LogP contribution in [0.4, 0.5) is 0 Å². The SMILES string of the molecule is O=C1N[C@@H](CCCO)CN(C(=O)Cc2ccc3ccccc3c2)C/C=C/CN(C(=O)Cc2ccc(OCc3ccccc3)cc2)[C@@H]1CCCO. The van der Waals surface area contributed by atoms with E-state index in [9.17, 15) is 24.6 Å². The summed E-state index contributed by atoms with van der Waals surface area (Å²) in [6, 6.07) is 30.0. The van der Waals surface area contributed by atoms with Crippen molar-refractivity contribution in [2.75, 3.05) is 32.8 Å². The molecule has 1 heterocycles. The molecule has 4 aromatic rings. The average molecular weight is 678 g/mol. The van der Waals surface area contributed by atoms with Crippen LogP contribution in [-0.2, 0) is 33.8 Å². The zero-order chi connectivity index (χ0) is 35.1. The van der Waals surface area contributed by atoms with Crippen LogP contribution in [0, 0.1) is 0 Å². The number of carbonyl (C=O) groups excluding carboxylic acids is 3. The molecule has 0 radical (unpaired) electrons. The Morgan fingerprint density at radius 1 is 0.720 bits per heavy atom. The van der Waals surface area contributed by atoms with Crippen LogP contribution in [0.5, 0.6) is 5.75 Å². The molecule has 9 heteroatoms. The minimum atomic E-state index is -0.816. The van der Waals surface area contributed by atoms with Crippen molar-refractivity contribution in [3.05, 3.63) is 126 Å². The van der Waals surface area contributed by atoms with Crippen LogP contribution in [0.15, 0.2) is 109 Å². The van der Waals surface area contributed by atoms with Crippen molar-refractivity contribution in [1.82, 2.24) is 15.1 Å². The van der Waals surface area contributed by atoms with Gasteiger partial charge in [-0.3, -0.25) is 14.4 Å². The first kappa shape index (κ1) is 36.3. The lowest BCUT2D eigenvalue weighted by molar-refractivity contribution is -0.140. The van der Waals surface area contributed by atoms with E-state index in [0.717, 1.165) is 27.5 Å². The van der Waals surface area contributed by atoms with Crippen LogP contribution in [0.2, 0.25) is 0 Å². The highest BCUT2D eigenvalue weighted by atomic mass is 16.5. The zero-order valence-corrected chi connectivity index (χ0v) is 28.5. The van der Waals surface area contributed by atoms with Gasteiger partial charge in [-0.1, -0.05) is 97.1 Å². The van der Waals surface area contributed by atoms with Crippen LogP contribution in [0.1, 0.15) is 42.4 Å². The van der Waals surface area contributed by atoms with E-state index in [4.69, 9.17) is 4.74 Å². The highest BCUT2D eigenvalue weighted by molar-refractivity contribution is 5.89. The Morgan fingerprint density at radius 2 is 1.38 bits per heavy atom. The fraction of sp³-hybridized carbons (Fsp3) is 0.341. The van der Waals surface area contributed by atoms with Crippen molar-refractivity contribution in [3.63, 3.8) is 0 Å². The number of aliphatic hydroxyl groups excluding tert-OH is 2. The molecule has 0 saturated heterocycles. The third kappa shape index (κ3) is 10.5. The van der Waals surface area contributed by atoms with Crippen LogP contribution >= 0.6 is 0 Å². The van der Waals surface area contributed by atoms with Gasteiger partial charge in [-0.05, 0) is 65.3 Å². The number of hydrogen-bond donors (Lipinski definition) is 3. The van der Waals surface area contributed by atoms with E-state index >= 15 is 0 Å². The minimum Gasteiger partial charge on any atom is -0.489 e. The molecule has 4 aromatic carbocycles. The van der Waals surface area contributed by atoms with Gasteiger partial charge in [0.25, 0.3) is 0 Å². The molecule has 1 aliphatic heterocycles. The van der Waals surface area contributed by atoms with Crippen molar-refractivity contribution in [3.8, 4) is 5.75 Å². The fourth-order valence-corrected chi connectivity index (χ4v) is 6.25. The Hall–Kier alpha value is -4.99. The van der Waals surface area contributed by atoms with Crippen LogP contribution < -0.4 is 10.1 Å². The third-order valence-electron chi connectivity index (χ3n) is 8.98. The van der Waals surface area contributed by atoms with Crippen LogP contribution in [0.25, 0.3) is 10.8 Å². The largest absolute Gasteiger partial charge is 0.489 e. The molecule has 1 aliphatic rings. The van der Waals surface area contributed by atoms with E-state index in [1.54, 1.807) is 9.80 Å². The van der Waals surface area contributed by atoms with Gasteiger partial charge in [-0.25, -0.2) is 0 Å². The van der Waals surface area contributed by atoms with Gasteiger partial charge in [0.1, 0.15) is 18.4 Å². The molecule has 0 bridgehead atoms. The molecule has 0 fully saturated rings. The Bertz CT molecular complexity index is 1730. The maximum absolute atomic E-state index is 13.9. The van der Waals surface area contributed by atoms with Crippen LogP contribution in [0.3, 0.4) is 0 Å². The normalized spacial score (nSPS) is 17.5. The molecule has 50 heavy (non-hydrogen) atoms. The number of aliphatic hydroxyl groups is 2. The first-order valence-electron chi connectivity index (χ1n) is 17.4. The summed E-state index contributed by atoms with van der Waals surface area (Å²) in [4.78, 5) is 44.8. The highest BCUT2D eigenvalue weighted by Crippen LogP contribution is 2.19. The third-order valence-corrected chi connectivity index (χ3v) is 8.98. The van der Waals surface area contributed by atoms with E-state index in [1.807, 2.05) is 109 Å². The second-order valence-electron chi connectivity index (χ2n) is 12.7. The number of amides is 3. The number of rotatable bonds is 13. The second kappa shape index (κ2) is 18.7. The van der Waals surface area contributed by atoms with Gasteiger partial charge in [0, 0.05) is 38.9 Å². The number of fused-ring (bicyclic) bond motifs is 1. The standard InChI is InChI=1S/C41H47N3O6/c45-24-8-14-36-29-43(39(47)28-33-16-19-34-12-4-5-13-35(34)26-33)22-6-7-23-44(38(15-9-25-46)41(49)42-36)40(48)27-31-17-20-37(21-18-31)50-30-32-10-2-1-3-11-32/h1-7,10-13,16-21,26,36,38,45-46H,8-9,14-15,22-25,27-30H2,(H,42,49)/b7-6+/t36-,38+/m0/s1. The molecule has 0 unspecified atom stereocenters. The molecule has 0 saturated carbocycles.